The fourth-order valence-electron chi connectivity index (χ4n) is 4.55. The molecule has 0 spiro atoms. The quantitative estimate of drug-likeness (QED) is 0.551. The molecule has 0 radical (unpaired) electrons. The third-order valence-corrected chi connectivity index (χ3v) is 8.92. The summed E-state index contributed by atoms with van der Waals surface area (Å²) in [6, 6.07) is 13.0. The van der Waals surface area contributed by atoms with Gasteiger partial charge in [-0.25, -0.2) is 13.2 Å². The van der Waals surface area contributed by atoms with Crippen LogP contribution in [0.15, 0.2) is 53.4 Å². The lowest BCUT2D eigenvalue weighted by Crippen LogP contribution is -2.53. The molecule has 0 aliphatic carbocycles. The molecule has 2 aromatic carbocycles. The monoisotopic (exact) mass is 528 g/mol. The molecule has 0 saturated carbocycles. The molecule has 2 aliphatic heterocycles. The van der Waals surface area contributed by atoms with Crippen molar-refractivity contribution < 1.29 is 27.5 Å². The fraction of sp³-hybridized carbons (Fsp3) is 0.423. The number of imide groups is 1. The summed E-state index contributed by atoms with van der Waals surface area (Å²) in [5.41, 5.74) is 0.490. The van der Waals surface area contributed by atoms with Gasteiger partial charge in [0.2, 0.25) is 15.9 Å². The van der Waals surface area contributed by atoms with E-state index < -0.39 is 40.0 Å². The number of carbonyl (C=O) groups is 3. The number of amides is 4. The number of benzene rings is 2. The molecular formula is C26H32N4O6S. The topological polar surface area (TPSA) is 116 Å². The average Bonchev–Trinajstić information content (AvgIpc) is 3.12. The minimum absolute atomic E-state index is 0.111. The first-order valence-corrected chi connectivity index (χ1v) is 13.6. The zero-order chi connectivity index (χ0) is 27.0. The van der Waals surface area contributed by atoms with E-state index >= 15 is 0 Å². The Bertz CT molecular complexity index is 1290. The highest BCUT2D eigenvalue weighted by Gasteiger charge is 2.49. The lowest BCUT2D eigenvalue weighted by atomic mass is 9.90. The number of ether oxygens (including phenoxy) is 1. The van der Waals surface area contributed by atoms with Gasteiger partial charge in [-0.2, -0.15) is 4.31 Å². The van der Waals surface area contributed by atoms with Crippen molar-refractivity contribution in [3.63, 3.8) is 0 Å². The van der Waals surface area contributed by atoms with Crippen molar-refractivity contribution in [2.75, 3.05) is 39.8 Å². The third kappa shape index (κ3) is 5.05. The number of carbonyl (C=O) groups excluding carboxylic acids is 3. The normalized spacial score (nSPS) is 20.9. The zero-order valence-electron chi connectivity index (χ0n) is 21.4. The maximum Gasteiger partial charge on any atom is 0.325 e. The first kappa shape index (κ1) is 26.6. The second-order valence-corrected chi connectivity index (χ2v) is 11.6. The first-order chi connectivity index (χ1) is 17.5. The van der Waals surface area contributed by atoms with Gasteiger partial charge in [0, 0.05) is 26.2 Å². The van der Waals surface area contributed by atoms with E-state index in [1.807, 2.05) is 24.3 Å². The van der Waals surface area contributed by atoms with Crippen LogP contribution in [0.2, 0.25) is 0 Å². The maximum absolute atomic E-state index is 13.2. The number of sulfonamides is 1. The standard InChI is InChI=1S/C26H32N4O6S/c1-18(2)19-5-7-20(8-6-19)26(3)24(32)30(25(33)27-26)17-23(31)28-13-15-29(16-14-28)37(34,35)22-11-9-21(36-4)10-12-22/h5-12,18H,13-17H2,1-4H3,(H,27,33). The summed E-state index contributed by atoms with van der Waals surface area (Å²) in [5.74, 6) is -0.0247. The summed E-state index contributed by atoms with van der Waals surface area (Å²) in [4.78, 5) is 41.5. The number of hydrogen-bond donors (Lipinski definition) is 1. The van der Waals surface area contributed by atoms with Crippen LogP contribution in [0.4, 0.5) is 4.79 Å². The van der Waals surface area contributed by atoms with Gasteiger partial charge < -0.3 is 15.0 Å². The van der Waals surface area contributed by atoms with Crippen molar-refractivity contribution in [1.82, 2.24) is 19.4 Å². The molecule has 4 amide bonds. The lowest BCUT2D eigenvalue weighted by molar-refractivity contribution is -0.139. The molecule has 2 saturated heterocycles. The molecule has 1 atom stereocenters. The molecule has 198 valence electrons. The molecule has 2 fully saturated rings. The summed E-state index contributed by atoms with van der Waals surface area (Å²) in [6.07, 6.45) is 0. The highest BCUT2D eigenvalue weighted by atomic mass is 32.2. The summed E-state index contributed by atoms with van der Waals surface area (Å²) in [5, 5.41) is 2.73. The number of rotatable bonds is 7. The van der Waals surface area contributed by atoms with Crippen molar-refractivity contribution in [1.29, 1.82) is 0 Å². The lowest BCUT2D eigenvalue weighted by Gasteiger charge is -2.34. The molecule has 37 heavy (non-hydrogen) atoms. The van der Waals surface area contributed by atoms with Gasteiger partial charge in [0.1, 0.15) is 17.8 Å². The van der Waals surface area contributed by atoms with E-state index in [1.165, 1.54) is 28.4 Å². The van der Waals surface area contributed by atoms with Crippen LogP contribution in [0.25, 0.3) is 0 Å². The van der Waals surface area contributed by atoms with Crippen LogP contribution in [-0.4, -0.2) is 80.2 Å². The molecule has 2 aromatic rings. The maximum atomic E-state index is 13.2. The summed E-state index contributed by atoms with van der Waals surface area (Å²) in [7, 11) is -2.22. The van der Waals surface area contributed by atoms with Gasteiger partial charge in [0.25, 0.3) is 5.91 Å². The Kier molecular flexibility index (Phi) is 7.29. The fourth-order valence-corrected chi connectivity index (χ4v) is 5.97. The zero-order valence-corrected chi connectivity index (χ0v) is 22.2. The predicted molar refractivity (Wildman–Crippen MR) is 136 cm³/mol. The Balaban J connectivity index is 1.38. The average molecular weight is 529 g/mol. The number of nitrogens with one attached hydrogen (secondary N) is 1. The Morgan fingerprint density at radius 3 is 2.14 bits per heavy atom. The molecule has 2 aliphatic rings. The van der Waals surface area contributed by atoms with Crippen LogP contribution < -0.4 is 10.1 Å². The first-order valence-electron chi connectivity index (χ1n) is 12.1. The van der Waals surface area contributed by atoms with Crippen LogP contribution in [0.3, 0.4) is 0 Å². The number of nitrogens with zero attached hydrogens (tertiary/aromatic N) is 3. The van der Waals surface area contributed by atoms with E-state index in [0.717, 1.165) is 10.5 Å². The highest BCUT2D eigenvalue weighted by molar-refractivity contribution is 7.89. The second-order valence-electron chi connectivity index (χ2n) is 9.68. The predicted octanol–water partition coefficient (Wildman–Crippen LogP) is 2.12. The Hall–Kier alpha value is -3.44. The number of urea groups is 1. The van der Waals surface area contributed by atoms with Gasteiger partial charge in [0.15, 0.2) is 0 Å². The van der Waals surface area contributed by atoms with E-state index in [-0.39, 0.29) is 31.1 Å². The Labute approximate surface area is 217 Å². The van der Waals surface area contributed by atoms with E-state index in [4.69, 9.17) is 4.74 Å². The molecule has 0 bridgehead atoms. The second kappa shape index (κ2) is 10.1. The van der Waals surface area contributed by atoms with Crippen molar-refractivity contribution in [2.45, 2.75) is 37.1 Å². The Morgan fingerprint density at radius 2 is 1.59 bits per heavy atom. The van der Waals surface area contributed by atoms with Gasteiger partial charge >= 0.3 is 6.03 Å². The largest absolute Gasteiger partial charge is 0.497 e. The molecule has 10 nitrogen and oxygen atoms in total. The van der Waals surface area contributed by atoms with Crippen LogP contribution in [0.1, 0.15) is 37.8 Å². The molecule has 1 N–H and O–H groups in total. The minimum atomic E-state index is -3.72. The van der Waals surface area contributed by atoms with Crippen LogP contribution in [0.5, 0.6) is 5.75 Å². The molecule has 1 unspecified atom stereocenters. The van der Waals surface area contributed by atoms with E-state index in [1.54, 1.807) is 19.1 Å². The van der Waals surface area contributed by atoms with Gasteiger partial charge in [-0.05, 0) is 48.2 Å². The van der Waals surface area contributed by atoms with Crippen molar-refractivity contribution in [3.05, 3.63) is 59.7 Å². The van der Waals surface area contributed by atoms with Crippen LogP contribution >= 0.6 is 0 Å². The van der Waals surface area contributed by atoms with Gasteiger partial charge in [-0.1, -0.05) is 38.1 Å². The summed E-state index contributed by atoms with van der Waals surface area (Å²) >= 11 is 0. The van der Waals surface area contributed by atoms with E-state index in [9.17, 15) is 22.8 Å². The SMILES string of the molecule is COc1ccc(S(=O)(=O)N2CCN(C(=O)CN3C(=O)NC(C)(c4ccc(C(C)C)cc4)C3=O)CC2)cc1. The van der Waals surface area contributed by atoms with Crippen LogP contribution in [-0.2, 0) is 25.2 Å². The Morgan fingerprint density at radius 1 is 1.00 bits per heavy atom. The molecule has 11 heteroatoms. The number of piperazine rings is 1. The van der Waals surface area contributed by atoms with Gasteiger partial charge in [0.05, 0.1) is 12.0 Å². The molecular weight excluding hydrogens is 496 g/mol. The smallest absolute Gasteiger partial charge is 0.325 e. The van der Waals surface area contributed by atoms with Crippen molar-refractivity contribution >= 4 is 27.9 Å². The van der Waals surface area contributed by atoms with E-state index in [0.29, 0.717) is 17.2 Å². The molecule has 4 rings (SSSR count). The summed E-state index contributed by atoms with van der Waals surface area (Å²) < 4.78 is 32.3. The van der Waals surface area contributed by atoms with Crippen LogP contribution in [0, 0.1) is 0 Å². The van der Waals surface area contributed by atoms with Crippen molar-refractivity contribution in [2.24, 2.45) is 0 Å². The van der Waals surface area contributed by atoms with Gasteiger partial charge in [-0.15, -0.1) is 0 Å². The highest BCUT2D eigenvalue weighted by Crippen LogP contribution is 2.30. The minimum Gasteiger partial charge on any atom is -0.497 e. The van der Waals surface area contributed by atoms with Crippen molar-refractivity contribution in [3.8, 4) is 5.75 Å². The third-order valence-electron chi connectivity index (χ3n) is 7.01. The number of hydrogen-bond acceptors (Lipinski definition) is 6. The summed E-state index contributed by atoms with van der Waals surface area (Å²) in [6.45, 7) is 5.90. The molecule has 0 aromatic heterocycles. The number of methoxy groups -OCH3 is 1. The van der Waals surface area contributed by atoms with Gasteiger partial charge in [-0.3, -0.25) is 14.5 Å². The molecule has 2 heterocycles. The van der Waals surface area contributed by atoms with E-state index in [2.05, 4.69) is 19.2 Å².